The van der Waals surface area contributed by atoms with Crippen LogP contribution in [0.25, 0.3) is 39.9 Å². The van der Waals surface area contributed by atoms with Crippen LogP contribution in [0.2, 0.25) is 0 Å². The highest BCUT2D eigenvalue weighted by atomic mass is 15.1. The van der Waals surface area contributed by atoms with Crippen molar-refractivity contribution in [3.05, 3.63) is 233 Å². The third-order valence-electron chi connectivity index (χ3n) is 9.63. The quantitative estimate of drug-likeness (QED) is 0.104. The molecule has 0 spiro atoms. The molecule has 4 nitrogen and oxygen atoms in total. The lowest BCUT2D eigenvalue weighted by Gasteiger charge is -2.25. The Morgan fingerprint density at radius 2 is 0.732 bits per heavy atom. The maximum atomic E-state index is 10.2. The molecule has 8 rings (SSSR count). The smallest absolute Gasteiger partial charge is 0.195 e. The van der Waals surface area contributed by atoms with Gasteiger partial charge in [0.25, 0.3) is 0 Å². The SMILES string of the molecule is [C-]#[N+]c1cc(/C=C/c2ccc(N(c3ccccc3)c3ccccc3)cc2)cc2c(C#N)cc(/C=C/c3ccc(N(c4ccccc4)c4ccccc4)cc3)cc12. The van der Waals surface area contributed by atoms with Crippen LogP contribution in [0.15, 0.2) is 194 Å². The Kier molecular flexibility index (Phi) is 10.3. The average molecular weight is 717 g/mol. The molecule has 0 heterocycles. The molecule has 8 aromatic carbocycles. The summed E-state index contributed by atoms with van der Waals surface area (Å²) >= 11 is 0. The molecule has 56 heavy (non-hydrogen) atoms. The van der Waals surface area contributed by atoms with E-state index >= 15 is 0 Å². The van der Waals surface area contributed by atoms with Gasteiger partial charge in [0.1, 0.15) is 0 Å². The van der Waals surface area contributed by atoms with Crippen LogP contribution in [0.4, 0.5) is 39.8 Å². The van der Waals surface area contributed by atoms with E-state index < -0.39 is 0 Å². The summed E-state index contributed by atoms with van der Waals surface area (Å²) in [6, 6.07) is 68.3. The van der Waals surface area contributed by atoms with E-state index in [4.69, 9.17) is 6.57 Å². The minimum atomic E-state index is 0.511. The van der Waals surface area contributed by atoms with Crippen molar-refractivity contribution in [2.45, 2.75) is 0 Å². The maximum Gasteiger partial charge on any atom is 0.195 e. The van der Waals surface area contributed by atoms with Crippen LogP contribution in [0.3, 0.4) is 0 Å². The molecular weight excluding hydrogens is 681 g/mol. The topological polar surface area (TPSA) is 34.6 Å². The first kappa shape index (κ1) is 35.1. The molecule has 264 valence electrons. The molecule has 0 N–H and O–H groups in total. The molecule has 0 aliphatic heterocycles. The average Bonchev–Trinajstić information content (AvgIpc) is 3.27. The van der Waals surface area contributed by atoms with Gasteiger partial charge in [-0.15, -0.1) is 0 Å². The predicted octanol–water partition coefficient (Wildman–Crippen LogP) is 14.5. The summed E-state index contributed by atoms with van der Waals surface area (Å²) < 4.78 is 0. The van der Waals surface area contributed by atoms with Crippen LogP contribution >= 0.6 is 0 Å². The zero-order valence-corrected chi connectivity index (χ0v) is 30.6. The van der Waals surface area contributed by atoms with E-state index in [-0.39, 0.29) is 0 Å². The highest BCUT2D eigenvalue weighted by molar-refractivity contribution is 6.01. The largest absolute Gasteiger partial charge is 0.311 e. The normalized spacial score (nSPS) is 11.0. The first-order chi connectivity index (χ1) is 27.7. The van der Waals surface area contributed by atoms with Gasteiger partial charge >= 0.3 is 0 Å². The lowest BCUT2D eigenvalue weighted by atomic mass is 9.97. The van der Waals surface area contributed by atoms with Gasteiger partial charge in [0.2, 0.25) is 0 Å². The van der Waals surface area contributed by atoms with Crippen LogP contribution in [0.1, 0.15) is 27.8 Å². The van der Waals surface area contributed by atoms with Crippen molar-refractivity contribution in [2.75, 3.05) is 9.80 Å². The molecule has 0 amide bonds. The van der Waals surface area contributed by atoms with Gasteiger partial charge in [0.05, 0.1) is 18.2 Å². The maximum absolute atomic E-state index is 10.2. The number of fused-ring (bicyclic) bond motifs is 1. The van der Waals surface area contributed by atoms with E-state index in [2.05, 4.69) is 118 Å². The Labute approximate surface area is 328 Å². The van der Waals surface area contributed by atoms with Crippen LogP contribution in [-0.2, 0) is 0 Å². The molecule has 0 aliphatic carbocycles. The second-order valence-corrected chi connectivity index (χ2v) is 13.3. The van der Waals surface area contributed by atoms with E-state index in [0.717, 1.165) is 67.2 Å². The van der Waals surface area contributed by atoms with E-state index in [1.165, 1.54) is 0 Å². The zero-order valence-electron chi connectivity index (χ0n) is 30.6. The van der Waals surface area contributed by atoms with Gasteiger partial charge < -0.3 is 9.80 Å². The highest BCUT2D eigenvalue weighted by Crippen LogP contribution is 2.37. The fourth-order valence-electron chi connectivity index (χ4n) is 6.92. The number of rotatable bonds is 10. The van der Waals surface area contributed by atoms with Crippen LogP contribution in [0.5, 0.6) is 0 Å². The predicted molar refractivity (Wildman–Crippen MR) is 235 cm³/mol. The standard InChI is InChI=1S/C52H36N4/c1-54-52-37-42(25-23-40-28-32-49(33-29-40)56(46-18-10-4-11-19-46)47-20-12-5-13-21-47)35-50-43(38-53)34-41(36-51(50)52)24-22-39-26-30-48(31-27-39)55(44-14-6-2-7-15-44)45-16-8-3-9-17-45/h2-37H/b24-22+,25-23+. The Bertz CT molecular complexity index is 2450. The van der Waals surface area contributed by atoms with Crippen LogP contribution in [0, 0.1) is 17.9 Å². The number of hydrogen-bond donors (Lipinski definition) is 0. The fraction of sp³-hybridized carbons (Fsp3) is 0. The van der Waals surface area contributed by atoms with Gasteiger partial charge in [0, 0.05) is 34.1 Å². The van der Waals surface area contributed by atoms with Crippen molar-refractivity contribution in [1.29, 1.82) is 5.26 Å². The van der Waals surface area contributed by atoms with Crippen molar-refractivity contribution in [2.24, 2.45) is 0 Å². The van der Waals surface area contributed by atoms with E-state index in [9.17, 15) is 5.26 Å². The van der Waals surface area contributed by atoms with Crippen LogP contribution < -0.4 is 9.80 Å². The third kappa shape index (κ3) is 7.73. The Balaban J connectivity index is 1.03. The molecule has 0 unspecified atom stereocenters. The van der Waals surface area contributed by atoms with E-state index in [0.29, 0.717) is 11.3 Å². The molecular formula is C52H36N4. The summed E-state index contributed by atoms with van der Waals surface area (Å²) in [5.41, 5.74) is 11.3. The van der Waals surface area contributed by atoms with Gasteiger partial charge in [0.15, 0.2) is 5.69 Å². The summed E-state index contributed by atoms with van der Waals surface area (Å²) in [6.07, 6.45) is 8.09. The molecule has 0 aliphatic rings. The first-order valence-electron chi connectivity index (χ1n) is 18.4. The summed E-state index contributed by atoms with van der Waals surface area (Å²) in [5, 5.41) is 11.8. The second-order valence-electron chi connectivity index (χ2n) is 13.3. The molecule has 0 fully saturated rings. The lowest BCUT2D eigenvalue weighted by Crippen LogP contribution is -2.09. The number of hydrogen-bond acceptors (Lipinski definition) is 3. The van der Waals surface area contributed by atoms with E-state index in [1.807, 2.05) is 121 Å². The fourth-order valence-corrected chi connectivity index (χ4v) is 6.92. The molecule has 8 aromatic rings. The zero-order chi connectivity index (χ0) is 38.1. The Morgan fingerprint density at radius 3 is 1.11 bits per heavy atom. The molecule has 0 aromatic heterocycles. The van der Waals surface area contributed by atoms with Crippen LogP contribution in [-0.4, -0.2) is 0 Å². The van der Waals surface area contributed by atoms with E-state index in [1.54, 1.807) is 0 Å². The van der Waals surface area contributed by atoms with Crippen molar-refractivity contribution >= 4 is 74.9 Å². The summed E-state index contributed by atoms with van der Waals surface area (Å²) in [5.74, 6) is 0. The van der Waals surface area contributed by atoms with Gasteiger partial charge in [-0.1, -0.05) is 127 Å². The summed E-state index contributed by atoms with van der Waals surface area (Å²) in [7, 11) is 0. The summed E-state index contributed by atoms with van der Waals surface area (Å²) in [4.78, 5) is 8.35. The number of nitriles is 1. The Morgan fingerprint density at radius 1 is 0.393 bits per heavy atom. The molecule has 0 atom stereocenters. The number of para-hydroxylation sites is 4. The Hall–Kier alpha value is -7.92. The van der Waals surface area contributed by atoms with Gasteiger partial charge in [-0.05, 0) is 124 Å². The molecule has 0 saturated heterocycles. The monoisotopic (exact) mass is 716 g/mol. The number of nitrogens with zero attached hydrogens (tertiary/aromatic N) is 4. The van der Waals surface area contributed by atoms with Crippen molar-refractivity contribution in [3.63, 3.8) is 0 Å². The van der Waals surface area contributed by atoms with Gasteiger partial charge in [-0.2, -0.15) is 5.26 Å². The second kappa shape index (κ2) is 16.4. The molecule has 0 bridgehead atoms. The van der Waals surface area contributed by atoms with Crippen molar-refractivity contribution in [3.8, 4) is 6.07 Å². The lowest BCUT2D eigenvalue weighted by molar-refractivity contribution is 1.28. The third-order valence-corrected chi connectivity index (χ3v) is 9.63. The molecule has 0 radical (unpaired) electrons. The van der Waals surface area contributed by atoms with Crippen molar-refractivity contribution < 1.29 is 0 Å². The van der Waals surface area contributed by atoms with Gasteiger partial charge in [-0.3, -0.25) is 0 Å². The summed E-state index contributed by atoms with van der Waals surface area (Å²) in [6.45, 7) is 8.03. The number of benzene rings is 8. The molecule has 0 saturated carbocycles. The minimum Gasteiger partial charge on any atom is -0.311 e. The first-order valence-corrected chi connectivity index (χ1v) is 18.4. The minimum absolute atomic E-state index is 0.511. The molecule has 4 heteroatoms. The van der Waals surface area contributed by atoms with Gasteiger partial charge in [-0.25, -0.2) is 4.85 Å². The number of anilines is 6. The highest BCUT2D eigenvalue weighted by Gasteiger charge is 2.13. The van der Waals surface area contributed by atoms with Crippen molar-refractivity contribution in [1.82, 2.24) is 0 Å².